The van der Waals surface area contributed by atoms with Crippen LogP contribution in [0.5, 0.6) is 0 Å². The smallest absolute Gasteiger partial charge is 0.325 e. The van der Waals surface area contributed by atoms with Crippen molar-refractivity contribution in [3.63, 3.8) is 0 Å². The van der Waals surface area contributed by atoms with Gasteiger partial charge >= 0.3 is 6.72 Å². The zero-order valence-corrected chi connectivity index (χ0v) is 27.6. The van der Waals surface area contributed by atoms with Gasteiger partial charge < -0.3 is 43.0 Å². The summed E-state index contributed by atoms with van der Waals surface area (Å²) in [5, 5.41) is 0.828. The third-order valence-electron chi connectivity index (χ3n) is 8.55. The highest BCUT2D eigenvalue weighted by Gasteiger charge is 2.53. The minimum Gasteiger partial charge on any atom is -0.382 e. The molecular weight excluding hydrogens is 696 g/mol. The topological polar surface area (TPSA) is 211 Å². The summed E-state index contributed by atoms with van der Waals surface area (Å²) in [6, 6.07) is 1.79. The maximum Gasteiger partial charge on any atom is 0.325 e. The van der Waals surface area contributed by atoms with E-state index < -0.39 is 76.6 Å². The molecule has 48 heavy (non-hydrogen) atoms. The van der Waals surface area contributed by atoms with Crippen LogP contribution in [0.3, 0.4) is 0 Å². The first-order chi connectivity index (χ1) is 23.0. The van der Waals surface area contributed by atoms with Crippen LogP contribution in [0.25, 0.3) is 22.2 Å². The van der Waals surface area contributed by atoms with Gasteiger partial charge in [-0.15, -0.1) is 0 Å². The number of fused-ring (bicyclic) bond motifs is 3. The van der Waals surface area contributed by atoms with Crippen LogP contribution < -0.4 is 11.2 Å². The van der Waals surface area contributed by atoms with Crippen LogP contribution in [0.2, 0.25) is 0 Å². The van der Waals surface area contributed by atoms with E-state index >= 15 is 4.39 Å². The number of methoxy groups -OCH3 is 1. The highest BCUT2D eigenvalue weighted by molar-refractivity contribution is 8.07. The summed E-state index contributed by atoms with van der Waals surface area (Å²) in [6.45, 7) is -4.78. The van der Waals surface area contributed by atoms with Gasteiger partial charge in [-0.25, -0.2) is 24.3 Å². The number of imidazole rings is 1. The standard InChI is InChI=1S/C25H28BFN8O10P2S/c1-38-20-19-14(43-25(20)34-6-11-3-5-39-33-12-2-4-29-22(34)15(11)12)8-41-47(37,48)45-18-13(7-40-46(26,36)44-19)42-24(16(18)27)35-10-32-17-21(28)30-9-31-23(17)35/h2,4,6,9-10,13-14,16,18-20,24-25,33H,3,5,7-8H2,1H3,(H,37,48)(H2,28,30,31)/t13-,14-,16?,18+,19?,20+,24-,25-,46?,47?/m1/s1. The summed E-state index contributed by atoms with van der Waals surface area (Å²) in [4.78, 5) is 33.3. The number of anilines is 2. The van der Waals surface area contributed by atoms with Gasteiger partial charge in [-0.3, -0.25) is 24.0 Å². The van der Waals surface area contributed by atoms with Crippen LogP contribution in [-0.4, -0.2) is 105 Å². The van der Waals surface area contributed by atoms with Gasteiger partial charge in [0.15, 0.2) is 30.1 Å². The largest absolute Gasteiger partial charge is 0.382 e. The Morgan fingerprint density at radius 1 is 1.10 bits per heavy atom. The second-order valence-corrected chi connectivity index (χ2v) is 15.8. The highest BCUT2D eigenvalue weighted by Crippen LogP contribution is 2.54. The van der Waals surface area contributed by atoms with Gasteiger partial charge in [0.25, 0.3) is 7.47 Å². The number of nitrogens with two attached hydrogens (primary N) is 1. The number of nitrogens with one attached hydrogen (secondary N) is 1. The van der Waals surface area contributed by atoms with Crippen molar-refractivity contribution in [2.45, 2.75) is 55.6 Å². The van der Waals surface area contributed by atoms with E-state index in [1.165, 1.54) is 24.3 Å². The molecule has 18 nitrogen and oxygen atoms in total. The molecule has 4 aliphatic heterocycles. The van der Waals surface area contributed by atoms with E-state index in [1.54, 1.807) is 16.8 Å². The predicted octanol–water partition coefficient (Wildman–Crippen LogP) is 1.82. The summed E-state index contributed by atoms with van der Waals surface area (Å²) >= 11 is 5.30. The molecule has 0 saturated carbocycles. The van der Waals surface area contributed by atoms with Gasteiger partial charge in [-0.1, -0.05) is 0 Å². The van der Waals surface area contributed by atoms with Crippen molar-refractivity contribution >= 4 is 67.3 Å². The van der Waals surface area contributed by atoms with Crippen molar-refractivity contribution in [1.29, 1.82) is 0 Å². The van der Waals surface area contributed by atoms with Gasteiger partial charge in [0.1, 0.15) is 48.0 Å². The van der Waals surface area contributed by atoms with E-state index in [9.17, 15) is 9.46 Å². The Hall–Kier alpha value is -2.65. The second kappa shape index (κ2) is 12.3. The molecule has 4 unspecified atom stereocenters. The van der Waals surface area contributed by atoms with E-state index in [2.05, 4.69) is 25.4 Å². The fourth-order valence-corrected chi connectivity index (χ4v) is 8.87. The van der Waals surface area contributed by atoms with Gasteiger partial charge in [0, 0.05) is 31.3 Å². The van der Waals surface area contributed by atoms with Crippen LogP contribution in [0, 0.1) is 0 Å². The first-order valence-corrected chi connectivity index (χ1v) is 18.9. The van der Waals surface area contributed by atoms with E-state index in [0.717, 1.165) is 16.6 Å². The molecular formula is C25H28BFN8O10P2S. The summed E-state index contributed by atoms with van der Waals surface area (Å²) in [7, 11) is 3.09. The fourth-order valence-electron chi connectivity index (χ4n) is 6.42. The van der Waals surface area contributed by atoms with Crippen molar-refractivity contribution in [2.75, 3.05) is 38.1 Å². The van der Waals surface area contributed by atoms with E-state index in [1.807, 2.05) is 6.20 Å². The lowest BCUT2D eigenvalue weighted by Crippen LogP contribution is -2.39. The summed E-state index contributed by atoms with van der Waals surface area (Å²) in [6.07, 6.45) is -3.72. The number of hydrogen-bond donors (Lipinski definition) is 3. The Kier molecular flexibility index (Phi) is 8.34. The molecule has 4 aromatic heterocycles. The number of nitrogen functional groups attached to an aromatic ring is 1. The summed E-state index contributed by atoms with van der Waals surface area (Å²) in [5.41, 5.74) is 11.4. The molecule has 0 aromatic carbocycles. The number of halogens is 1. The number of ether oxygens (including phenoxy) is 3. The lowest BCUT2D eigenvalue weighted by Gasteiger charge is -2.30. The van der Waals surface area contributed by atoms with Crippen molar-refractivity contribution < 1.29 is 51.0 Å². The second-order valence-electron chi connectivity index (χ2n) is 11.4. The van der Waals surface area contributed by atoms with Crippen LogP contribution in [0.1, 0.15) is 18.0 Å². The molecule has 0 bridgehead atoms. The maximum atomic E-state index is 16.1. The molecule has 8 heterocycles. The molecule has 0 aliphatic carbocycles. The molecule has 0 spiro atoms. The minimum atomic E-state index is -4.42. The first kappa shape index (κ1) is 32.6. The molecule has 3 fully saturated rings. The van der Waals surface area contributed by atoms with Crippen LogP contribution >= 0.6 is 14.2 Å². The predicted molar refractivity (Wildman–Crippen MR) is 168 cm³/mol. The average Bonchev–Trinajstić information content (AvgIpc) is 3.77. The minimum absolute atomic E-state index is 0.0790. The molecule has 254 valence electrons. The first-order valence-electron chi connectivity index (χ1n) is 14.7. The van der Waals surface area contributed by atoms with Crippen molar-refractivity contribution in [3.05, 3.63) is 36.7 Å². The quantitative estimate of drug-likeness (QED) is 0.203. The van der Waals surface area contributed by atoms with E-state index in [0.29, 0.717) is 18.7 Å². The number of hydrogen-bond acceptors (Lipinski definition) is 16. The zero-order chi connectivity index (χ0) is 33.4. The molecule has 8 rings (SSSR count). The average molecular weight is 724 g/mol. The molecule has 2 radical (unpaired) electrons. The van der Waals surface area contributed by atoms with Crippen molar-refractivity contribution in [2.24, 2.45) is 0 Å². The fraction of sp³-hybridized carbons (Fsp3) is 0.520. The molecule has 23 heteroatoms. The Balaban J connectivity index is 1.09. The SMILES string of the molecule is [B]P1(=O)OC[C@H]2O[C@@H](n3cnc4c(N)ncnc43)C(F)[C@H]2OP(O)(=S)OC[C@H]2O[C@@H](n3cc4c5c(ccnc53)NOCC4)[C@@H](OC)C2O1. The Bertz CT molecular complexity index is 1980. The number of rotatable bonds is 3. The number of nitrogens with zero attached hydrogens (tertiary/aromatic N) is 6. The van der Waals surface area contributed by atoms with Crippen molar-refractivity contribution in [1.82, 2.24) is 29.1 Å². The normalized spacial score (nSPS) is 37.3. The number of alkyl halides is 1. The van der Waals surface area contributed by atoms with E-state index in [-0.39, 0.29) is 17.0 Å². The zero-order valence-electron chi connectivity index (χ0n) is 25.0. The summed E-state index contributed by atoms with van der Waals surface area (Å²) in [5.74, 6) is 0.0790. The highest BCUT2D eigenvalue weighted by atomic mass is 32.5. The number of aromatic nitrogens is 6. The third-order valence-corrected chi connectivity index (χ3v) is 11.2. The van der Waals surface area contributed by atoms with Crippen molar-refractivity contribution in [3.8, 4) is 0 Å². The van der Waals surface area contributed by atoms with Gasteiger partial charge in [-0.05, 0) is 23.4 Å². The van der Waals surface area contributed by atoms with Crippen LogP contribution in [0.4, 0.5) is 15.9 Å². The molecule has 4 aliphatic rings. The molecule has 3 saturated heterocycles. The monoisotopic (exact) mass is 724 g/mol. The summed E-state index contributed by atoms with van der Waals surface area (Å²) < 4.78 is 73.8. The lowest BCUT2D eigenvalue weighted by molar-refractivity contribution is -0.0600. The number of pyridine rings is 1. The van der Waals surface area contributed by atoms with Gasteiger partial charge in [-0.2, -0.15) is 0 Å². The third kappa shape index (κ3) is 5.65. The molecule has 4 aromatic rings. The Morgan fingerprint density at radius 2 is 1.90 bits per heavy atom. The maximum absolute atomic E-state index is 16.1. The lowest BCUT2D eigenvalue weighted by atomic mass is 10.1. The van der Waals surface area contributed by atoms with Gasteiger partial charge in [0.2, 0.25) is 7.57 Å². The van der Waals surface area contributed by atoms with Gasteiger partial charge in [0.05, 0.1) is 31.8 Å². The molecule has 4 N–H and O–H groups in total. The van der Waals surface area contributed by atoms with Crippen LogP contribution in [-0.2, 0) is 59.9 Å². The van der Waals surface area contributed by atoms with Crippen LogP contribution in [0.15, 0.2) is 31.1 Å². The Labute approximate surface area is 277 Å². The van der Waals surface area contributed by atoms with E-state index in [4.69, 9.17) is 62.2 Å². The molecule has 0 amide bonds. The Morgan fingerprint density at radius 3 is 2.73 bits per heavy atom. The molecule has 10 atom stereocenters.